The van der Waals surface area contributed by atoms with Gasteiger partial charge in [-0.1, -0.05) is 141 Å². The Morgan fingerprint density at radius 3 is 1.88 bits per heavy atom. The molecule has 2 atom stereocenters. The molecule has 64 heavy (non-hydrogen) atoms. The van der Waals surface area contributed by atoms with Gasteiger partial charge in [0.25, 0.3) is 0 Å². The molecule has 8 nitrogen and oxygen atoms in total. The predicted molar refractivity (Wildman–Crippen MR) is 262 cm³/mol. The quantitative estimate of drug-likeness (QED) is 0.0916. The lowest BCUT2D eigenvalue weighted by atomic mass is 9.96. The highest BCUT2D eigenvalue weighted by Crippen LogP contribution is 2.38. The van der Waals surface area contributed by atoms with Gasteiger partial charge in [-0.3, -0.25) is 19.2 Å². The maximum Gasteiger partial charge on any atom is 0.227 e. The van der Waals surface area contributed by atoms with Crippen LogP contribution in [0.25, 0.3) is 33.0 Å². The molecule has 2 saturated heterocycles. The molecule has 0 radical (unpaired) electrons. The summed E-state index contributed by atoms with van der Waals surface area (Å²) < 4.78 is 0. The third kappa shape index (κ3) is 10.8. The van der Waals surface area contributed by atoms with Crippen LogP contribution in [0, 0.1) is 25.7 Å². The summed E-state index contributed by atoms with van der Waals surface area (Å²) in [7, 11) is 0. The first-order chi connectivity index (χ1) is 31.1. The third-order valence-electron chi connectivity index (χ3n) is 12.7. The highest BCUT2D eigenvalue weighted by Gasteiger charge is 2.36. The number of nitrogens with zero attached hydrogens (tertiary/aromatic N) is 2. The molecule has 5 aromatic carbocycles. The second kappa shape index (κ2) is 21.6. The van der Waals surface area contributed by atoms with Gasteiger partial charge < -0.3 is 20.4 Å². The zero-order valence-corrected chi connectivity index (χ0v) is 38.5. The van der Waals surface area contributed by atoms with Gasteiger partial charge in [0, 0.05) is 56.5 Å². The van der Waals surface area contributed by atoms with E-state index in [1.807, 2.05) is 66.7 Å². The number of nitrogens with one attached hydrogen (secondary N) is 2. The maximum atomic E-state index is 13.5. The predicted octanol–water partition coefficient (Wildman–Crippen LogP) is 11.3. The fraction of sp³-hybridized carbons (Fsp3) is 0.345. The van der Waals surface area contributed by atoms with Crippen LogP contribution in [0.1, 0.15) is 93.0 Å². The second-order valence-electron chi connectivity index (χ2n) is 17.3. The van der Waals surface area contributed by atoms with Gasteiger partial charge in [-0.15, -0.1) is 0 Å². The van der Waals surface area contributed by atoms with E-state index in [0.717, 1.165) is 71.7 Å². The smallest absolute Gasteiger partial charge is 0.227 e. The summed E-state index contributed by atoms with van der Waals surface area (Å²) in [6.07, 6.45) is 10.4. The normalized spacial score (nSPS) is 16.8. The van der Waals surface area contributed by atoms with Crippen molar-refractivity contribution in [3.63, 3.8) is 0 Å². The minimum atomic E-state index is -0.437. The van der Waals surface area contributed by atoms with Crippen molar-refractivity contribution in [2.75, 3.05) is 31.1 Å². The molecule has 4 amide bonds. The number of likely N-dealkylation sites (tertiary alicyclic amines) is 1. The van der Waals surface area contributed by atoms with Gasteiger partial charge in [0.15, 0.2) is 0 Å². The summed E-state index contributed by atoms with van der Waals surface area (Å²) in [5.41, 5.74) is 10.6. The molecular formula is C55H61ClN4O4. The van der Waals surface area contributed by atoms with E-state index in [-0.39, 0.29) is 36.5 Å². The van der Waals surface area contributed by atoms with Crippen molar-refractivity contribution in [3.8, 4) is 11.1 Å². The van der Waals surface area contributed by atoms with Gasteiger partial charge in [0.2, 0.25) is 23.6 Å². The standard InChI is InChI=1S/C55H61ClN4O4/c1-5-7-17-39(46-21-11-9-15-37(46)3)27-29-57-54(63)44-32-51(61)59(35-44)34-43-20-13-23-49(53(43)56)42-25-26-48-41(31-42)19-14-24-50(48)60-36-45(33-52(60)62)55(64)58-30-28-40(18-8-6-2)47-22-12-10-16-38(47)4/h9-26,31,44-45H,5-8,27-30,32-36H2,1-4H3,(H,57,63)(H,58,64)/b39-17-,40-18-. The Morgan fingerprint density at radius 2 is 1.27 bits per heavy atom. The molecule has 332 valence electrons. The van der Waals surface area contributed by atoms with E-state index >= 15 is 0 Å². The van der Waals surface area contributed by atoms with E-state index < -0.39 is 11.8 Å². The number of carbonyl (C=O) groups is 4. The summed E-state index contributed by atoms with van der Waals surface area (Å²) in [6.45, 7) is 10.5. The van der Waals surface area contributed by atoms with E-state index in [9.17, 15) is 19.2 Å². The molecule has 0 saturated carbocycles. The number of halogens is 1. The third-order valence-corrected chi connectivity index (χ3v) is 13.2. The molecule has 0 aromatic heterocycles. The van der Waals surface area contributed by atoms with Crippen molar-refractivity contribution in [2.45, 2.75) is 85.6 Å². The van der Waals surface area contributed by atoms with Crippen LogP contribution < -0.4 is 15.5 Å². The van der Waals surface area contributed by atoms with Crippen LogP contribution >= 0.6 is 11.6 Å². The van der Waals surface area contributed by atoms with E-state index in [4.69, 9.17) is 11.6 Å². The molecule has 2 fully saturated rings. The Hall–Kier alpha value is -5.99. The van der Waals surface area contributed by atoms with Crippen LogP contribution in [0.4, 0.5) is 5.69 Å². The second-order valence-corrected chi connectivity index (χ2v) is 17.7. The highest BCUT2D eigenvalue weighted by molar-refractivity contribution is 6.34. The van der Waals surface area contributed by atoms with E-state index in [1.54, 1.807) is 9.80 Å². The number of carbonyl (C=O) groups excluding carboxylic acids is 4. The maximum absolute atomic E-state index is 13.5. The first kappa shape index (κ1) is 46.0. The van der Waals surface area contributed by atoms with Crippen molar-refractivity contribution < 1.29 is 19.2 Å². The summed E-state index contributed by atoms with van der Waals surface area (Å²) in [5, 5.41) is 8.64. The minimum Gasteiger partial charge on any atom is -0.355 e. The summed E-state index contributed by atoms with van der Waals surface area (Å²) in [5.74, 6) is -1.19. The van der Waals surface area contributed by atoms with E-state index in [2.05, 4.69) is 86.9 Å². The van der Waals surface area contributed by atoms with Crippen LogP contribution in [0.15, 0.2) is 115 Å². The van der Waals surface area contributed by atoms with Gasteiger partial charge >= 0.3 is 0 Å². The van der Waals surface area contributed by atoms with E-state index in [0.29, 0.717) is 37.7 Å². The molecule has 9 heteroatoms. The van der Waals surface area contributed by atoms with Crippen LogP contribution in [-0.2, 0) is 25.7 Å². The average molecular weight is 878 g/mol. The molecule has 7 rings (SSSR count). The lowest BCUT2D eigenvalue weighted by Gasteiger charge is -2.20. The molecule has 2 aliphatic heterocycles. The molecular weight excluding hydrogens is 816 g/mol. The number of anilines is 1. The number of allylic oxidation sites excluding steroid dienone is 2. The summed E-state index contributed by atoms with van der Waals surface area (Å²) >= 11 is 7.11. The number of hydrogen-bond acceptors (Lipinski definition) is 4. The number of amides is 4. The number of benzene rings is 5. The lowest BCUT2D eigenvalue weighted by Crippen LogP contribution is -2.33. The summed E-state index contributed by atoms with van der Waals surface area (Å²) in [4.78, 5) is 57.0. The van der Waals surface area contributed by atoms with Gasteiger partial charge in [0.1, 0.15) is 0 Å². The van der Waals surface area contributed by atoms with Crippen LogP contribution in [0.5, 0.6) is 0 Å². The number of aryl methyl sites for hydroxylation is 2. The number of hydrogen-bond donors (Lipinski definition) is 2. The van der Waals surface area contributed by atoms with Crippen molar-refractivity contribution in [1.29, 1.82) is 0 Å². The van der Waals surface area contributed by atoms with Crippen molar-refractivity contribution in [3.05, 3.63) is 148 Å². The molecule has 0 aliphatic carbocycles. The molecule has 2 aliphatic rings. The van der Waals surface area contributed by atoms with Gasteiger partial charge in [-0.05, 0) is 102 Å². The topological polar surface area (TPSA) is 98.8 Å². The van der Waals surface area contributed by atoms with Crippen LogP contribution in [-0.4, -0.2) is 54.7 Å². The summed E-state index contributed by atoms with van der Waals surface area (Å²) in [6, 6.07) is 34.5. The van der Waals surface area contributed by atoms with E-state index in [1.165, 1.54) is 33.4 Å². The molecule has 2 unspecified atom stereocenters. The highest BCUT2D eigenvalue weighted by atomic mass is 35.5. The fourth-order valence-electron chi connectivity index (χ4n) is 9.14. The van der Waals surface area contributed by atoms with Crippen LogP contribution in [0.3, 0.4) is 0 Å². The van der Waals surface area contributed by atoms with Gasteiger partial charge in [0.05, 0.1) is 22.5 Å². The Bertz CT molecular complexity index is 2580. The number of rotatable bonds is 18. The van der Waals surface area contributed by atoms with Crippen molar-refractivity contribution in [1.82, 2.24) is 15.5 Å². The molecule has 5 aromatic rings. The Morgan fingerprint density at radius 1 is 0.688 bits per heavy atom. The Kier molecular flexibility index (Phi) is 15.5. The zero-order chi connectivity index (χ0) is 45.2. The Balaban J connectivity index is 0.966. The van der Waals surface area contributed by atoms with Crippen LogP contribution in [0.2, 0.25) is 5.02 Å². The Labute approximate surface area is 383 Å². The van der Waals surface area contributed by atoms with Gasteiger partial charge in [-0.25, -0.2) is 0 Å². The fourth-order valence-corrected chi connectivity index (χ4v) is 9.44. The number of fused-ring (bicyclic) bond motifs is 1. The zero-order valence-electron chi connectivity index (χ0n) is 37.7. The molecule has 0 spiro atoms. The largest absolute Gasteiger partial charge is 0.355 e. The van der Waals surface area contributed by atoms with Gasteiger partial charge in [-0.2, -0.15) is 0 Å². The lowest BCUT2D eigenvalue weighted by molar-refractivity contribution is -0.129. The minimum absolute atomic E-state index is 0.0636. The first-order valence-electron chi connectivity index (χ1n) is 23.0. The number of unbranched alkanes of at least 4 members (excludes halogenated alkanes) is 2. The molecule has 2 heterocycles. The van der Waals surface area contributed by atoms with Crippen molar-refractivity contribution >= 4 is 62.8 Å². The first-order valence-corrected chi connectivity index (χ1v) is 23.4. The monoisotopic (exact) mass is 876 g/mol. The average Bonchev–Trinajstić information content (AvgIpc) is 3.88. The SMILES string of the molecule is CCC/C=C(/CCNC(=O)C1CC(=O)N(Cc2cccc(-c3ccc4c(N5CC(C(=O)NCC/C(=C/CCC)c6ccccc6C)CC5=O)cccc4c3)c2Cl)C1)c1ccccc1C. The van der Waals surface area contributed by atoms with Crippen molar-refractivity contribution in [2.24, 2.45) is 11.8 Å². The molecule has 0 bridgehead atoms. The molecule has 2 N–H and O–H groups in total.